The lowest BCUT2D eigenvalue weighted by Gasteiger charge is -1.94. The zero-order valence-corrected chi connectivity index (χ0v) is 7.71. The highest BCUT2D eigenvalue weighted by Gasteiger charge is 2.05. The average molecular weight is 172 g/mol. The van der Waals surface area contributed by atoms with E-state index in [4.69, 9.17) is 4.42 Å². The summed E-state index contributed by atoms with van der Waals surface area (Å²) in [7, 11) is 0. The highest BCUT2D eigenvalue weighted by atomic mass is 16.3. The molecule has 2 rings (SSSR count). The van der Waals surface area contributed by atoms with Gasteiger partial charge in [-0.05, 0) is 18.9 Å². The second kappa shape index (κ2) is 3.09. The fraction of sp³-hybridized carbons (Fsp3) is 0.167. The van der Waals surface area contributed by atoms with E-state index in [9.17, 15) is 0 Å². The minimum Gasteiger partial charge on any atom is -0.464 e. The van der Waals surface area contributed by atoms with Crippen LogP contribution in [0.15, 0.2) is 41.5 Å². The van der Waals surface area contributed by atoms with E-state index in [1.165, 1.54) is 16.5 Å². The Hall–Kier alpha value is -1.50. The van der Waals surface area contributed by atoms with Crippen LogP contribution >= 0.6 is 0 Å². The molecular formula is C12H12O. The fourth-order valence-electron chi connectivity index (χ4n) is 1.57. The lowest BCUT2D eigenvalue weighted by atomic mass is 10.1. The van der Waals surface area contributed by atoms with Crippen LogP contribution in [-0.4, -0.2) is 0 Å². The van der Waals surface area contributed by atoms with E-state index in [1.54, 1.807) is 0 Å². The number of benzene rings is 1. The Labute approximate surface area is 77.7 Å². The molecule has 1 aromatic heterocycles. The molecule has 2 aromatic rings. The molecule has 1 heteroatoms. The first-order valence-corrected chi connectivity index (χ1v) is 4.39. The number of fused-ring (bicyclic) bond motifs is 1. The van der Waals surface area contributed by atoms with E-state index in [0.29, 0.717) is 0 Å². The summed E-state index contributed by atoms with van der Waals surface area (Å²) >= 11 is 0. The van der Waals surface area contributed by atoms with E-state index in [2.05, 4.69) is 31.7 Å². The SMILES string of the molecule is C=CCc1coc2c(C)cccc12. The summed E-state index contributed by atoms with van der Waals surface area (Å²) < 4.78 is 5.48. The molecule has 0 aliphatic carbocycles. The first kappa shape index (κ1) is 8.11. The number of hydrogen-bond acceptors (Lipinski definition) is 1. The minimum atomic E-state index is 0.871. The Morgan fingerprint density at radius 2 is 2.31 bits per heavy atom. The Morgan fingerprint density at radius 1 is 1.46 bits per heavy atom. The average Bonchev–Trinajstić information content (AvgIpc) is 2.51. The monoisotopic (exact) mass is 172 g/mol. The summed E-state index contributed by atoms with van der Waals surface area (Å²) in [6, 6.07) is 6.20. The van der Waals surface area contributed by atoms with Gasteiger partial charge < -0.3 is 4.42 Å². The lowest BCUT2D eigenvalue weighted by Crippen LogP contribution is -1.77. The van der Waals surface area contributed by atoms with Crippen molar-refractivity contribution in [2.75, 3.05) is 0 Å². The Kier molecular flexibility index (Phi) is 1.93. The van der Waals surface area contributed by atoms with Gasteiger partial charge in [0.1, 0.15) is 5.58 Å². The second-order valence-corrected chi connectivity index (χ2v) is 3.21. The highest BCUT2D eigenvalue weighted by molar-refractivity contribution is 5.83. The van der Waals surface area contributed by atoms with E-state index < -0.39 is 0 Å². The van der Waals surface area contributed by atoms with Crippen LogP contribution in [0.3, 0.4) is 0 Å². The molecule has 0 atom stereocenters. The van der Waals surface area contributed by atoms with Gasteiger partial charge in [0, 0.05) is 10.9 Å². The minimum absolute atomic E-state index is 0.871. The molecule has 0 N–H and O–H groups in total. The van der Waals surface area contributed by atoms with Crippen LogP contribution in [-0.2, 0) is 6.42 Å². The third kappa shape index (κ3) is 1.26. The molecule has 0 amide bonds. The zero-order chi connectivity index (χ0) is 9.26. The van der Waals surface area contributed by atoms with E-state index in [1.807, 2.05) is 12.3 Å². The molecule has 0 aliphatic heterocycles. The molecule has 1 nitrogen and oxygen atoms in total. The van der Waals surface area contributed by atoms with E-state index in [0.717, 1.165) is 12.0 Å². The molecule has 0 saturated carbocycles. The van der Waals surface area contributed by atoms with E-state index >= 15 is 0 Å². The molecule has 0 spiro atoms. The Morgan fingerprint density at radius 3 is 3.08 bits per heavy atom. The van der Waals surface area contributed by atoms with Crippen molar-refractivity contribution in [3.05, 3.63) is 48.2 Å². The standard InChI is InChI=1S/C12H12O/c1-3-5-10-8-13-12-9(2)6-4-7-11(10)12/h3-4,6-8H,1,5H2,2H3. The summed E-state index contributed by atoms with van der Waals surface area (Å²) in [6.45, 7) is 5.78. The molecule has 66 valence electrons. The van der Waals surface area contributed by atoms with Crippen molar-refractivity contribution in [1.29, 1.82) is 0 Å². The summed E-state index contributed by atoms with van der Waals surface area (Å²) in [4.78, 5) is 0. The molecule has 0 unspecified atom stereocenters. The van der Waals surface area contributed by atoms with Gasteiger partial charge in [-0.1, -0.05) is 24.3 Å². The van der Waals surface area contributed by atoms with Crippen molar-refractivity contribution in [3.63, 3.8) is 0 Å². The molecule has 0 aliphatic rings. The molecule has 13 heavy (non-hydrogen) atoms. The van der Waals surface area contributed by atoms with Gasteiger partial charge in [-0.3, -0.25) is 0 Å². The Balaban J connectivity index is 2.67. The normalized spacial score (nSPS) is 10.5. The van der Waals surface area contributed by atoms with Crippen LogP contribution in [0.25, 0.3) is 11.0 Å². The molecule has 0 bridgehead atoms. The van der Waals surface area contributed by atoms with Gasteiger partial charge in [-0.15, -0.1) is 6.58 Å². The third-order valence-corrected chi connectivity index (χ3v) is 2.24. The van der Waals surface area contributed by atoms with Crippen LogP contribution in [0.1, 0.15) is 11.1 Å². The highest BCUT2D eigenvalue weighted by Crippen LogP contribution is 2.24. The van der Waals surface area contributed by atoms with Crippen LogP contribution in [0, 0.1) is 6.92 Å². The smallest absolute Gasteiger partial charge is 0.137 e. The van der Waals surface area contributed by atoms with Crippen molar-refractivity contribution < 1.29 is 4.42 Å². The van der Waals surface area contributed by atoms with Crippen LogP contribution < -0.4 is 0 Å². The predicted molar refractivity (Wildman–Crippen MR) is 54.9 cm³/mol. The van der Waals surface area contributed by atoms with Gasteiger partial charge in [0.2, 0.25) is 0 Å². The van der Waals surface area contributed by atoms with Crippen LogP contribution in [0.2, 0.25) is 0 Å². The zero-order valence-electron chi connectivity index (χ0n) is 7.71. The van der Waals surface area contributed by atoms with Crippen LogP contribution in [0.4, 0.5) is 0 Å². The number of para-hydroxylation sites is 1. The quantitative estimate of drug-likeness (QED) is 0.632. The Bertz CT molecular complexity index is 437. The summed E-state index contributed by atoms with van der Waals surface area (Å²) in [5, 5.41) is 1.21. The van der Waals surface area contributed by atoms with Crippen molar-refractivity contribution in [3.8, 4) is 0 Å². The number of hydrogen-bond donors (Lipinski definition) is 0. The maximum absolute atomic E-state index is 5.48. The van der Waals surface area contributed by atoms with Crippen molar-refractivity contribution in [1.82, 2.24) is 0 Å². The number of aryl methyl sites for hydroxylation is 1. The van der Waals surface area contributed by atoms with Gasteiger partial charge in [-0.2, -0.15) is 0 Å². The lowest BCUT2D eigenvalue weighted by molar-refractivity contribution is 0.609. The predicted octanol–water partition coefficient (Wildman–Crippen LogP) is 3.47. The summed E-state index contributed by atoms with van der Waals surface area (Å²) in [6.07, 6.45) is 4.59. The van der Waals surface area contributed by atoms with Crippen molar-refractivity contribution in [2.45, 2.75) is 13.3 Å². The number of furan rings is 1. The van der Waals surface area contributed by atoms with Crippen molar-refractivity contribution in [2.24, 2.45) is 0 Å². The van der Waals surface area contributed by atoms with Gasteiger partial charge in [0.05, 0.1) is 6.26 Å². The molecule has 1 aromatic carbocycles. The van der Waals surface area contributed by atoms with Gasteiger partial charge >= 0.3 is 0 Å². The van der Waals surface area contributed by atoms with Gasteiger partial charge in [0.25, 0.3) is 0 Å². The fourth-order valence-corrected chi connectivity index (χ4v) is 1.57. The first-order valence-electron chi connectivity index (χ1n) is 4.39. The maximum Gasteiger partial charge on any atom is 0.137 e. The molecule has 0 fully saturated rings. The van der Waals surface area contributed by atoms with Gasteiger partial charge in [0.15, 0.2) is 0 Å². The summed E-state index contributed by atoms with van der Waals surface area (Å²) in [5.74, 6) is 0. The van der Waals surface area contributed by atoms with Gasteiger partial charge in [-0.25, -0.2) is 0 Å². The molecule has 0 saturated heterocycles. The summed E-state index contributed by atoms with van der Waals surface area (Å²) in [5.41, 5.74) is 3.40. The molecule has 0 radical (unpaired) electrons. The first-order chi connectivity index (χ1) is 6.33. The third-order valence-electron chi connectivity index (χ3n) is 2.24. The molecular weight excluding hydrogens is 160 g/mol. The maximum atomic E-state index is 5.48. The van der Waals surface area contributed by atoms with Crippen LogP contribution in [0.5, 0.6) is 0 Å². The van der Waals surface area contributed by atoms with Crippen molar-refractivity contribution >= 4 is 11.0 Å². The number of rotatable bonds is 2. The molecule has 1 heterocycles. The topological polar surface area (TPSA) is 13.1 Å². The number of allylic oxidation sites excluding steroid dienone is 1. The van der Waals surface area contributed by atoms with E-state index in [-0.39, 0.29) is 0 Å². The largest absolute Gasteiger partial charge is 0.464 e. The second-order valence-electron chi connectivity index (χ2n) is 3.21.